The molecule has 0 aromatic carbocycles. The highest BCUT2D eigenvalue weighted by molar-refractivity contribution is 7.20. The van der Waals surface area contributed by atoms with Gasteiger partial charge in [0.2, 0.25) is 5.88 Å². The lowest BCUT2D eigenvalue weighted by Gasteiger charge is -2.31. The maximum atomic E-state index is 12.9. The second-order valence-corrected chi connectivity index (χ2v) is 6.92. The van der Waals surface area contributed by atoms with Crippen molar-refractivity contribution in [1.82, 2.24) is 20.2 Å². The predicted molar refractivity (Wildman–Crippen MR) is 92.8 cm³/mol. The van der Waals surface area contributed by atoms with Crippen LogP contribution in [0.5, 0.6) is 5.88 Å². The highest BCUT2D eigenvalue weighted by Gasteiger charge is 2.27. The number of fused-ring (bicyclic) bond motifs is 1. The molecule has 130 valence electrons. The molecule has 8 heteroatoms. The first-order valence-corrected chi connectivity index (χ1v) is 8.72. The molecule has 1 N–H and O–H groups in total. The lowest BCUT2D eigenvalue weighted by atomic mass is 10.1. The highest BCUT2D eigenvalue weighted by atomic mass is 32.1. The van der Waals surface area contributed by atoms with Crippen molar-refractivity contribution in [2.24, 2.45) is 0 Å². The number of carbonyl (C=O) groups is 1. The molecule has 1 amide bonds. The Labute approximate surface area is 145 Å². The zero-order chi connectivity index (χ0) is 17.3. The van der Waals surface area contributed by atoms with E-state index in [1.54, 1.807) is 14.2 Å². The molecule has 1 aliphatic heterocycles. The van der Waals surface area contributed by atoms with E-state index in [1.807, 2.05) is 11.8 Å². The van der Waals surface area contributed by atoms with Crippen LogP contribution in [0.15, 0.2) is 0 Å². The molecule has 1 fully saturated rings. The summed E-state index contributed by atoms with van der Waals surface area (Å²) in [6, 6.07) is 0.306. The largest absolute Gasteiger partial charge is 0.480 e. The molecule has 2 aromatic rings. The minimum absolute atomic E-state index is 0.0548. The van der Waals surface area contributed by atoms with Gasteiger partial charge >= 0.3 is 0 Å². The van der Waals surface area contributed by atoms with Gasteiger partial charge in [-0.15, -0.1) is 11.3 Å². The number of hydrogen-bond acceptors (Lipinski definition) is 7. The molecule has 0 aliphatic carbocycles. The third-order valence-electron chi connectivity index (χ3n) is 4.12. The average Bonchev–Trinajstić information content (AvgIpc) is 2.90. The van der Waals surface area contributed by atoms with Crippen LogP contribution < -0.4 is 10.1 Å². The molecule has 1 aliphatic rings. The van der Waals surface area contributed by atoms with E-state index < -0.39 is 0 Å². The average molecular weight is 350 g/mol. The van der Waals surface area contributed by atoms with Crippen LogP contribution in [-0.4, -0.2) is 60.7 Å². The van der Waals surface area contributed by atoms with Crippen LogP contribution in [0.3, 0.4) is 0 Å². The van der Waals surface area contributed by atoms with Gasteiger partial charge in [0.15, 0.2) is 5.82 Å². The molecule has 0 radical (unpaired) electrons. The summed E-state index contributed by atoms with van der Waals surface area (Å²) in [4.78, 5) is 25.2. The van der Waals surface area contributed by atoms with E-state index in [2.05, 4.69) is 22.2 Å². The van der Waals surface area contributed by atoms with Crippen molar-refractivity contribution in [3.05, 3.63) is 16.3 Å². The Kier molecular flexibility index (Phi) is 4.98. The number of carbonyl (C=O) groups excluding carboxylic acids is 1. The van der Waals surface area contributed by atoms with Crippen LogP contribution in [0.2, 0.25) is 0 Å². The zero-order valence-corrected chi connectivity index (χ0v) is 15.2. The summed E-state index contributed by atoms with van der Waals surface area (Å²) in [7, 11) is 3.18. The molecule has 1 atom stereocenters. The van der Waals surface area contributed by atoms with Crippen LogP contribution in [0.25, 0.3) is 10.2 Å². The van der Waals surface area contributed by atoms with Crippen LogP contribution >= 0.6 is 11.3 Å². The number of nitrogens with one attached hydrogen (secondary N) is 1. The molecule has 1 saturated heterocycles. The second-order valence-electron chi connectivity index (χ2n) is 5.92. The smallest absolute Gasteiger partial charge is 0.264 e. The number of hydrogen-bond donors (Lipinski definition) is 1. The third-order valence-corrected chi connectivity index (χ3v) is 5.29. The zero-order valence-electron chi connectivity index (χ0n) is 14.4. The summed E-state index contributed by atoms with van der Waals surface area (Å²) < 4.78 is 10.5. The minimum Gasteiger partial charge on any atom is -0.480 e. The van der Waals surface area contributed by atoms with Crippen molar-refractivity contribution in [3.8, 4) is 5.88 Å². The van der Waals surface area contributed by atoms with Crippen molar-refractivity contribution in [2.45, 2.75) is 26.5 Å². The first-order chi connectivity index (χ1) is 11.5. The van der Waals surface area contributed by atoms with Gasteiger partial charge < -0.3 is 19.7 Å². The minimum atomic E-state index is 0.0548. The second kappa shape index (κ2) is 7.00. The van der Waals surface area contributed by atoms with Gasteiger partial charge in [-0.05, 0) is 19.4 Å². The summed E-state index contributed by atoms with van der Waals surface area (Å²) in [5.41, 5.74) is 0.881. The van der Waals surface area contributed by atoms with E-state index >= 15 is 0 Å². The van der Waals surface area contributed by atoms with Gasteiger partial charge in [0, 0.05) is 32.8 Å². The summed E-state index contributed by atoms with van der Waals surface area (Å²) >= 11 is 1.40. The van der Waals surface area contributed by atoms with E-state index in [1.165, 1.54) is 11.3 Å². The van der Waals surface area contributed by atoms with E-state index in [4.69, 9.17) is 9.47 Å². The van der Waals surface area contributed by atoms with Crippen LogP contribution in [-0.2, 0) is 11.3 Å². The Morgan fingerprint density at radius 2 is 2.21 bits per heavy atom. The fraction of sp³-hybridized carbons (Fsp3) is 0.562. The van der Waals surface area contributed by atoms with Crippen LogP contribution in [0, 0.1) is 6.92 Å². The van der Waals surface area contributed by atoms with Gasteiger partial charge in [-0.3, -0.25) is 4.79 Å². The molecule has 3 rings (SSSR count). The molecule has 3 heterocycles. The maximum absolute atomic E-state index is 12.9. The summed E-state index contributed by atoms with van der Waals surface area (Å²) in [6.07, 6.45) is 0. The van der Waals surface area contributed by atoms with E-state index in [9.17, 15) is 4.79 Å². The highest BCUT2D eigenvalue weighted by Crippen LogP contribution is 2.35. The van der Waals surface area contributed by atoms with E-state index in [0.717, 1.165) is 22.3 Å². The number of aromatic nitrogens is 2. The molecule has 1 unspecified atom stereocenters. The van der Waals surface area contributed by atoms with Crippen molar-refractivity contribution in [3.63, 3.8) is 0 Å². The number of amides is 1. The first kappa shape index (κ1) is 17.1. The van der Waals surface area contributed by atoms with E-state index in [0.29, 0.717) is 42.3 Å². The van der Waals surface area contributed by atoms with Crippen molar-refractivity contribution < 1.29 is 14.3 Å². The van der Waals surface area contributed by atoms with Gasteiger partial charge in [-0.2, -0.15) is 4.98 Å². The molecule has 0 saturated carbocycles. The van der Waals surface area contributed by atoms with Gasteiger partial charge in [0.25, 0.3) is 5.91 Å². The summed E-state index contributed by atoms with van der Waals surface area (Å²) in [5, 5.41) is 4.17. The van der Waals surface area contributed by atoms with Crippen LogP contribution in [0.1, 0.15) is 28.0 Å². The van der Waals surface area contributed by atoms with E-state index in [-0.39, 0.29) is 5.91 Å². The molecule has 0 spiro atoms. The fourth-order valence-corrected chi connectivity index (χ4v) is 4.11. The normalized spacial score (nSPS) is 18.2. The quantitative estimate of drug-likeness (QED) is 0.902. The van der Waals surface area contributed by atoms with Gasteiger partial charge in [-0.1, -0.05) is 0 Å². The Morgan fingerprint density at radius 1 is 1.42 bits per heavy atom. The van der Waals surface area contributed by atoms with Crippen LogP contribution in [0.4, 0.5) is 0 Å². The number of rotatable bonds is 4. The Bertz CT molecular complexity index is 761. The third kappa shape index (κ3) is 3.09. The molecule has 7 nitrogen and oxygen atoms in total. The van der Waals surface area contributed by atoms with Crippen molar-refractivity contribution in [1.29, 1.82) is 0 Å². The Morgan fingerprint density at radius 3 is 2.88 bits per heavy atom. The summed E-state index contributed by atoms with van der Waals surface area (Å²) in [6.45, 7) is 6.57. The number of ether oxygens (including phenoxy) is 2. The number of aryl methyl sites for hydroxylation is 1. The lowest BCUT2D eigenvalue weighted by Crippen LogP contribution is -2.51. The van der Waals surface area contributed by atoms with Gasteiger partial charge in [0.1, 0.15) is 11.4 Å². The SMILES string of the molecule is COCc1nc(OC)c2c(C)c(C(=O)N3CCNC(C)C3)sc2n1. The number of methoxy groups -OCH3 is 2. The maximum Gasteiger partial charge on any atom is 0.264 e. The topological polar surface area (TPSA) is 76.6 Å². The van der Waals surface area contributed by atoms with Gasteiger partial charge in [0.05, 0.1) is 17.4 Å². The monoisotopic (exact) mass is 350 g/mol. The molecule has 0 bridgehead atoms. The number of nitrogens with zero attached hydrogens (tertiary/aromatic N) is 3. The molecule has 24 heavy (non-hydrogen) atoms. The van der Waals surface area contributed by atoms with Crippen molar-refractivity contribution in [2.75, 3.05) is 33.9 Å². The van der Waals surface area contributed by atoms with Gasteiger partial charge in [-0.25, -0.2) is 4.98 Å². The molecular weight excluding hydrogens is 328 g/mol. The Balaban J connectivity index is 2.02. The van der Waals surface area contributed by atoms with Crippen molar-refractivity contribution >= 4 is 27.5 Å². The first-order valence-electron chi connectivity index (χ1n) is 7.90. The standard InChI is InChI=1S/C16H22N4O3S/c1-9-7-20(6-5-17-9)16(21)13-10(2)12-14(23-4)18-11(8-22-3)19-15(12)24-13/h9,17H,5-8H2,1-4H3. The molecule has 2 aromatic heterocycles. The molecular formula is C16H22N4O3S. The lowest BCUT2D eigenvalue weighted by molar-refractivity contribution is 0.0713. The number of piperazine rings is 1. The summed E-state index contributed by atoms with van der Waals surface area (Å²) in [5.74, 6) is 1.10. The Hall–Kier alpha value is -1.77. The fourth-order valence-electron chi connectivity index (χ4n) is 2.95. The predicted octanol–water partition coefficient (Wildman–Crippen LogP) is 1.59. The number of thiophene rings is 1.